The van der Waals surface area contributed by atoms with E-state index in [1.54, 1.807) is 39.0 Å². The minimum Gasteiger partial charge on any atom is -0.649 e. The van der Waals surface area contributed by atoms with E-state index in [9.17, 15) is 24.0 Å². The molecule has 11 heteroatoms. The van der Waals surface area contributed by atoms with Gasteiger partial charge in [-0.3, -0.25) is 11.1 Å². The molecule has 314 valence electrons. The van der Waals surface area contributed by atoms with E-state index in [-0.39, 0.29) is 107 Å². The minimum absolute atomic E-state index is 0. The third-order valence-corrected chi connectivity index (χ3v) is 3.42. The molecule has 53 heavy (non-hydrogen) atoms. The van der Waals surface area contributed by atoms with Crippen molar-refractivity contribution in [2.75, 3.05) is 14.1 Å². The van der Waals surface area contributed by atoms with Crippen molar-refractivity contribution >= 4 is 30.2 Å². The van der Waals surface area contributed by atoms with Crippen molar-refractivity contribution < 1.29 is 108 Å². The first kappa shape index (κ1) is 85.5. The molecule has 0 saturated carbocycles. The van der Waals surface area contributed by atoms with Crippen LogP contribution in [0.15, 0.2) is 12.2 Å². The molecule has 0 spiro atoms. The van der Waals surface area contributed by atoms with Crippen molar-refractivity contribution in [3.8, 4) is 0 Å². The molecule has 0 aliphatic rings. The summed E-state index contributed by atoms with van der Waals surface area (Å²) in [6.45, 7) is 50.8. The van der Waals surface area contributed by atoms with Crippen LogP contribution < -0.4 is 0 Å². The molecule has 7 nitrogen and oxygen atoms in total. The van der Waals surface area contributed by atoms with Crippen LogP contribution in [0.1, 0.15) is 166 Å². The molecule has 0 fully saturated rings. The van der Waals surface area contributed by atoms with E-state index in [0.29, 0.717) is 0 Å². The van der Waals surface area contributed by atoms with Gasteiger partial charge in [0.1, 0.15) is 5.91 Å². The third kappa shape index (κ3) is 144. The van der Waals surface area contributed by atoms with E-state index in [0.717, 1.165) is 0 Å². The van der Waals surface area contributed by atoms with Gasteiger partial charge in [-0.25, -0.2) is 6.08 Å². The predicted octanol–water partition coefficient (Wildman–Crippen LogP) is 11.5. The fraction of sp³-hybridized carbons (Fsp3) is 0.714. The van der Waals surface area contributed by atoms with E-state index in [1.165, 1.54) is 36.8 Å². The molecule has 0 atom stereocenters. The Morgan fingerprint density at radius 1 is 0.604 bits per heavy atom. The van der Waals surface area contributed by atoms with Gasteiger partial charge in [0.2, 0.25) is 0 Å². The summed E-state index contributed by atoms with van der Waals surface area (Å²) >= 11 is 0. The summed E-state index contributed by atoms with van der Waals surface area (Å²) < 4.78 is 0. The summed E-state index contributed by atoms with van der Waals surface area (Å²) in [5, 5.41) is 3.27. The van der Waals surface area contributed by atoms with Crippen molar-refractivity contribution in [1.82, 2.24) is 4.90 Å². The average molecular weight is 1430 g/mol. The fourth-order valence-electron chi connectivity index (χ4n) is 1.08. The standard InChI is InChI=1S/C7H13NO2.C7H14NO.C7H11O.C5H9O.4C4H9.4W/c1-7(2,3)5(9)6(10)8-4;1-6(9)8(5)7(2,3)4;1-7(2,3)5-4-6-8;1-5(2,3)4-6;4*1-4(2)3;;;;/h1-4H3,(H,8,10);1H2,2-5H3;4-5H,1-3H3;1-3H3;4*1-3H3;;;;/q;7*-1;4*+2/p-1/b;;5-4+;;;;;;;;;. The van der Waals surface area contributed by atoms with Crippen molar-refractivity contribution in [3.63, 3.8) is 0 Å². The van der Waals surface area contributed by atoms with E-state index >= 15 is 0 Å². The Morgan fingerprint density at radius 3 is 0.868 bits per heavy atom. The Kier molecular flexibility index (Phi) is 78.2. The molecule has 0 aliphatic heterocycles. The van der Waals surface area contributed by atoms with Crippen LogP contribution in [0.5, 0.6) is 0 Å². The maximum absolute atomic E-state index is 11.0. The first-order chi connectivity index (χ1) is 21.3. The number of Topliss-reactive ketones (excluding diaryl/α,β-unsaturated/α-hetero) is 1. The Bertz CT molecular complexity index is 797. The quantitative estimate of drug-likeness (QED) is 0.156. The number of ketones is 1. The van der Waals surface area contributed by atoms with Crippen molar-refractivity contribution in [2.24, 2.45) is 16.2 Å². The zero-order valence-corrected chi connectivity index (χ0v) is 50.7. The summed E-state index contributed by atoms with van der Waals surface area (Å²) in [7, 11) is 3.07. The molecule has 0 radical (unpaired) electrons. The van der Waals surface area contributed by atoms with Gasteiger partial charge in [-0.1, -0.05) is 67.7 Å². The molecule has 0 aliphatic carbocycles. The smallest absolute Gasteiger partial charge is 0.649 e. The van der Waals surface area contributed by atoms with Crippen LogP contribution in [0.2, 0.25) is 0 Å². The molecule has 0 heterocycles. The molecule has 0 aromatic heterocycles. The van der Waals surface area contributed by atoms with Gasteiger partial charge in [0.25, 0.3) is 0 Å². The number of hydrogen-bond donors (Lipinski definition) is 0. The van der Waals surface area contributed by atoms with E-state index in [4.69, 9.17) is 0 Å². The van der Waals surface area contributed by atoms with Gasteiger partial charge < -0.3 is 60.0 Å². The zero-order chi connectivity index (χ0) is 42.2. The van der Waals surface area contributed by atoms with Gasteiger partial charge in [0.15, 0.2) is 5.78 Å². The average Bonchev–Trinajstić information content (AvgIpc) is 2.84. The Hall–Kier alpha value is 0.313. The molecule has 0 saturated heterocycles. The first-order valence-electron chi connectivity index (χ1n) is 16.6. The second-order valence-corrected chi connectivity index (χ2v) is 17.4. The number of allylic oxidation sites excluding steroid dienone is 2. The largest absolute Gasteiger partial charge is 2.00 e. The van der Waals surface area contributed by atoms with Gasteiger partial charge >= 0.3 is 84.3 Å². The maximum atomic E-state index is 11.0. The summed E-state index contributed by atoms with van der Waals surface area (Å²) in [4.78, 5) is 53.1. The van der Waals surface area contributed by atoms with Crippen LogP contribution in [0, 0.1) is 46.8 Å². The molecule has 0 aromatic rings. The topological polar surface area (TPSA) is 103 Å². The number of nitrogens with zero attached hydrogens (tertiary/aromatic N) is 2. The monoisotopic (exact) mass is 1430 g/mol. The molecule has 0 rings (SSSR count). The third-order valence-electron chi connectivity index (χ3n) is 3.42. The van der Waals surface area contributed by atoms with Crippen molar-refractivity contribution in [1.29, 1.82) is 0 Å². The number of amides is 2. The molecule has 0 bridgehead atoms. The molecular formula is C42H82N2O5W4. The Balaban J connectivity index is -0.0000000368. The van der Waals surface area contributed by atoms with Gasteiger partial charge in [-0.05, 0) is 27.1 Å². The van der Waals surface area contributed by atoms with Crippen LogP contribution in [0.4, 0.5) is 0 Å². The number of rotatable bonds is 2. The summed E-state index contributed by atoms with van der Waals surface area (Å²) in [5.74, 6) is 4.45. The van der Waals surface area contributed by atoms with Gasteiger partial charge in [0, 0.05) is 18.0 Å². The SMILES string of the molecule is CC(C)(C)/C=C/[C-]=O.CC(C)(C)[C-]=O.C[C-](C)C.C[C-](C)C.C[C-](C)C.C[C-](C)C.C[N-]C(=O)C(=O)C(C)(C)C.[CH2-]C(=O)N(C)C(C)(C)C.[W+2].[W+2].[W+2].[W+2]. The zero-order valence-electron chi connectivity index (χ0n) is 38.9. The molecule has 0 aromatic carbocycles. The summed E-state index contributed by atoms with van der Waals surface area (Å²) in [5.41, 5.74) is -0.854. The number of carbonyl (C=O) groups excluding carboxylic acids is 5. The molecule has 2 amide bonds. The number of hydrogen-bond acceptors (Lipinski definition) is 5. The van der Waals surface area contributed by atoms with Gasteiger partial charge in [-0.15, -0.1) is 12.5 Å². The van der Waals surface area contributed by atoms with Crippen LogP contribution >= 0.6 is 0 Å². The van der Waals surface area contributed by atoms with E-state index < -0.39 is 17.1 Å². The summed E-state index contributed by atoms with van der Waals surface area (Å²) in [6, 6.07) is 0. The minimum atomic E-state index is -0.646. The normalized spacial score (nSPS) is 9.77. The van der Waals surface area contributed by atoms with Gasteiger partial charge in [-0.2, -0.15) is 89.2 Å². The Labute approximate surface area is 390 Å². The molecule has 0 unspecified atom stereocenters. The van der Waals surface area contributed by atoms with E-state index in [2.05, 4.69) is 95.3 Å². The van der Waals surface area contributed by atoms with Gasteiger partial charge in [0.05, 0.1) is 5.91 Å². The maximum Gasteiger partial charge on any atom is 2.00 e. The Morgan fingerprint density at radius 2 is 0.830 bits per heavy atom. The van der Waals surface area contributed by atoms with Crippen LogP contribution in [0.3, 0.4) is 0 Å². The van der Waals surface area contributed by atoms with Crippen LogP contribution in [-0.2, 0) is 108 Å². The van der Waals surface area contributed by atoms with Crippen LogP contribution in [-0.4, -0.2) is 54.7 Å². The molecular weight excluding hydrogens is 1350 g/mol. The second kappa shape index (κ2) is 48.5. The fourth-order valence-corrected chi connectivity index (χ4v) is 1.08. The summed E-state index contributed by atoms with van der Waals surface area (Å²) in [6.07, 6.45) is 6.77. The van der Waals surface area contributed by atoms with Crippen molar-refractivity contribution in [3.05, 3.63) is 48.1 Å². The molecule has 0 N–H and O–H groups in total. The number of carbonyl (C=O) groups is 3. The first-order valence-corrected chi connectivity index (χ1v) is 16.6. The predicted molar refractivity (Wildman–Crippen MR) is 217 cm³/mol. The second-order valence-electron chi connectivity index (χ2n) is 17.4. The van der Waals surface area contributed by atoms with Crippen LogP contribution in [0.25, 0.3) is 5.32 Å². The van der Waals surface area contributed by atoms with Crippen molar-refractivity contribution in [2.45, 2.75) is 172 Å². The van der Waals surface area contributed by atoms with E-state index in [1.807, 2.05) is 74.7 Å². The number of likely N-dealkylation sites (N-methyl/N-ethyl adjacent to an activating group) is 1.